The van der Waals surface area contributed by atoms with Gasteiger partial charge < -0.3 is 30.2 Å². The fraction of sp³-hybridized carbons (Fsp3) is 0.394. The molecule has 1 aromatic heterocycles. The van der Waals surface area contributed by atoms with Crippen molar-refractivity contribution in [3.05, 3.63) is 96.6 Å². The average molecular weight is 556 g/mol. The number of hydrogen-bond donors (Lipinski definition) is 3. The minimum atomic E-state index is -0.802. The van der Waals surface area contributed by atoms with Crippen molar-refractivity contribution in [2.75, 3.05) is 6.54 Å². The van der Waals surface area contributed by atoms with Crippen molar-refractivity contribution in [3.8, 4) is 0 Å². The molecule has 0 aliphatic carbocycles. The number of aromatic nitrogens is 1. The normalized spacial score (nSPS) is 20.0. The Hall–Kier alpha value is -4.20. The topological polar surface area (TPSA) is 89.7 Å². The van der Waals surface area contributed by atoms with Gasteiger partial charge in [0.15, 0.2) is 0 Å². The number of para-hydroxylation sites is 1. The van der Waals surface area contributed by atoms with Gasteiger partial charge in [0.1, 0.15) is 17.5 Å². The molecule has 8 nitrogen and oxygen atoms in total. The lowest BCUT2D eigenvalue weighted by atomic mass is 9.89. The van der Waals surface area contributed by atoms with Crippen LogP contribution in [0.2, 0.25) is 0 Å². The maximum atomic E-state index is 13.9. The molecule has 3 heterocycles. The van der Waals surface area contributed by atoms with E-state index in [2.05, 4.69) is 50.7 Å². The van der Waals surface area contributed by atoms with E-state index in [0.717, 1.165) is 53.8 Å². The number of H-pyrrole nitrogens is 1. The van der Waals surface area contributed by atoms with Crippen LogP contribution in [0.3, 0.4) is 0 Å². The molecular formula is C33H41N5O3. The summed E-state index contributed by atoms with van der Waals surface area (Å²) in [4.78, 5) is 34.4. The summed E-state index contributed by atoms with van der Waals surface area (Å²) in [5.41, 5.74) is 3.45. The molecule has 2 aliphatic heterocycles. The molecule has 3 atom stereocenters. The molecular weight excluding hydrogens is 514 g/mol. The Balaban J connectivity index is 1.32. The van der Waals surface area contributed by atoms with Gasteiger partial charge in [-0.2, -0.15) is 0 Å². The Bertz CT molecular complexity index is 1420. The van der Waals surface area contributed by atoms with E-state index in [9.17, 15) is 9.59 Å². The van der Waals surface area contributed by atoms with Crippen molar-refractivity contribution in [2.24, 2.45) is 0 Å². The van der Waals surface area contributed by atoms with E-state index in [0.29, 0.717) is 13.0 Å². The number of piperidine rings is 1. The van der Waals surface area contributed by atoms with Gasteiger partial charge in [-0.1, -0.05) is 61.7 Å². The molecule has 41 heavy (non-hydrogen) atoms. The Labute approximate surface area is 242 Å². The fourth-order valence-corrected chi connectivity index (χ4v) is 5.92. The zero-order valence-electron chi connectivity index (χ0n) is 24.3. The van der Waals surface area contributed by atoms with Crippen LogP contribution in [0.25, 0.3) is 10.9 Å². The van der Waals surface area contributed by atoms with E-state index < -0.39 is 17.7 Å². The first-order valence-electron chi connectivity index (χ1n) is 14.4. The highest BCUT2D eigenvalue weighted by atomic mass is 16.6. The molecule has 0 bridgehead atoms. The van der Waals surface area contributed by atoms with Crippen molar-refractivity contribution in [1.82, 2.24) is 25.4 Å². The molecule has 0 saturated carbocycles. The molecule has 2 saturated heterocycles. The second-order valence-electron chi connectivity index (χ2n) is 12.0. The molecule has 3 N–H and O–H groups in total. The number of carbonyl (C=O) groups is 2. The lowest BCUT2D eigenvalue weighted by molar-refractivity contribution is -0.124. The molecule has 3 aromatic rings. The SMILES string of the molecule is C=C1C[C@H]2[C@H](NC(=O)[C@H](Cc3c[nH]c4ccccc34)NC(=O)OC(C)(C)C)CCCN2C(=C)N1Cc1ccccc1. The Morgan fingerprint density at radius 1 is 1.10 bits per heavy atom. The van der Waals surface area contributed by atoms with Gasteiger partial charge in [0.2, 0.25) is 5.91 Å². The summed E-state index contributed by atoms with van der Waals surface area (Å²) in [6, 6.07) is 17.4. The third-order valence-corrected chi connectivity index (χ3v) is 7.87. The molecule has 2 aromatic carbocycles. The highest BCUT2D eigenvalue weighted by Gasteiger charge is 2.40. The van der Waals surface area contributed by atoms with Gasteiger partial charge >= 0.3 is 6.09 Å². The predicted octanol–water partition coefficient (Wildman–Crippen LogP) is 5.44. The number of hydrogen-bond acceptors (Lipinski definition) is 5. The van der Waals surface area contributed by atoms with Crippen LogP contribution < -0.4 is 10.6 Å². The van der Waals surface area contributed by atoms with Crippen molar-refractivity contribution in [1.29, 1.82) is 0 Å². The Kier molecular flexibility index (Phi) is 8.10. The number of nitrogens with zero attached hydrogens (tertiary/aromatic N) is 2. The highest BCUT2D eigenvalue weighted by Crippen LogP contribution is 2.35. The first-order chi connectivity index (χ1) is 19.6. The molecule has 2 aliphatic rings. The van der Waals surface area contributed by atoms with Gasteiger partial charge in [-0.3, -0.25) is 4.79 Å². The van der Waals surface area contributed by atoms with Crippen LogP contribution in [0.4, 0.5) is 4.79 Å². The summed E-state index contributed by atoms with van der Waals surface area (Å²) in [7, 11) is 0. The third-order valence-electron chi connectivity index (χ3n) is 7.87. The van der Waals surface area contributed by atoms with E-state index in [-0.39, 0.29) is 18.0 Å². The lowest BCUT2D eigenvalue weighted by Crippen LogP contribution is -2.61. The number of aromatic amines is 1. The van der Waals surface area contributed by atoms with Crippen molar-refractivity contribution in [3.63, 3.8) is 0 Å². The van der Waals surface area contributed by atoms with Gasteiger partial charge in [-0.05, 0) is 50.8 Å². The Morgan fingerprint density at radius 3 is 2.59 bits per heavy atom. The molecule has 0 radical (unpaired) electrons. The number of rotatable bonds is 7. The van der Waals surface area contributed by atoms with Crippen molar-refractivity contribution in [2.45, 2.75) is 76.7 Å². The molecule has 0 spiro atoms. The van der Waals surface area contributed by atoms with Crippen LogP contribution in [0.5, 0.6) is 0 Å². The zero-order chi connectivity index (χ0) is 29.1. The van der Waals surface area contributed by atoms with Gasteiger partial charge in [-0.25, -0.2) is 4.79 Å². The number of amides is 2. The summed E-state index contributed by atoms with van der Waals surface area (Å²) in [5.74, 6) is 0.687. The number of ether oxygens (including phenoxy) is 1. The molecule has 0 unspecified atom stereocenters. The largest absolute Gasteiger partial charge is 0.444 e. The van der Waals surface area contributed by atoms with E-state index in [1.54, 1.807) is 0 Å². The minimum Gasteiger partial charge on any atom is -0.444 e. The smallest absolute Gasteiger partial charge is 0.408 e. The van der Waals surface area contributed by atoms with Crippen LogP contribution in [0.1, 0.15) is 51.2 Å². The first-order valence-corrected chi connectivity index (χ1v) is 14.4. The van der Waals surface area contributed by atoms with Crippen molar-refractivity contribution >= 4 is 22.9 Å². The van der Waals surface area contributed by atoms with E-state index >= 15 is 0 Å². The average Bonchev–Trinajstić information content (AvgIpc) is 3.33. The van der Waals surface area contributed by atoms with E-state index in [4.69, 9.17) is 4.74 Å². The molecule has 2 amide bonds. The second-order valence-corrected chi connectivity index (χ2v) is 12.0. The van der Waals surface area contributed by atoms with Gasteiger partial charge in [0.25, 0.3) is 0 Å². The summed E-state index contributed by atoms with van der Waals surface area (Å²) < 4.78 is 5.51. The standard InChI is InChI=1S/C33H41N5O3/c1-22-18-30-28(16-11-17-37(30)23(2)38(22)21-24-12-7-6-8-13-24)35-31(39)29(36-32(40)41-33(3,4)5)19-25-20-34-27-15-10-9-14-26(25)27/h6-10,12-15,20,28-30,34H,1-2,11,16-19,21H2,3-5H3,(H,35,39)(H,36,40)/t28-,29+,30+/m1/s1. The third kappa shape index (κ3) is 6.59. The van der Waals surface area contributed by atoms with Gasteiger partial charge in [0.05, 0.1) is 6.04 Å². The maximum Gasteiger partial charge on any atom is 0.408 e. The van der Waals surface area contributed by atoms with Gasteiger partial charge in [-0.15, -0.1) is 0 Å². The zero-order valence-corrected chi connectivity index (χ0v) is 24.3. The summed E-state index contributed by atoms with van der Waals surface area (Å²) in [5, 5.41) is 7.16. The van der Waals surface area contributed by atoms with Crippen LogP contribution in [-0.2, 0) is 22.5 Å². The van der Waals surface area contributed by atoms with Crippen molar-refractivity contribution < 1.29 is 14.3 Å². The predicted molar refractivity (Wildman–Crippen MR) is 162 cm³/mol. The summed E-state index contributed by atoms with van der Waals surface area (Å²) >= 11 is 0. The summed E-state index contributed by atoms with van der Waals surface area (Å²) in [6.07, 6.45) is 4.13. The molecule has 5 rings (SSSR count). The van der Waals surface area contributed by atoms with Gasteiger partial charge in [0, 0.05) is 54.8 Å². The number of carbonyl (C=O) groups excluding carboxylic acids is 2. The van der Waals surface area contributed by atoms with Crippen LogP contribution in [0, 0.1) is 0 Å². The highest BCUT2D eigenvalue weighted by molar-refractivity contribution is 5.88. The number of nitrogens with one attached hydrogen (secondary N) is 3. The lowest BCUT2D eigenvalue weighted by Gasteiger charge is -2.51. The number of fused-ring (bicyclic) bond motifs is 2. The number of alkyl carbamates (subject to hydrolysis) is 1. The van der Waals surface area contributed by atoms with Crippen LogP contribution in [0.15, 0.2) is 85.5 Å². The molecule has 2 fully saturated rings. The molecule has 216 valence electrons. The van der Waals surface area contributed by atoms with E-state index in [1.165, 1.54) is 5.56 Å². The second kappa shape index (κ2) is 11.7. The van der Waals surface area contributed by atoms with E-state index in [1.807, 2.05) is 69.4 Å². The summed E-state index contributed by atoms with van der Waals surface area (Å²) in [6.45, 7) is 15.8. The molecule has 8 heteroatoms. The minimum absolute atomic E-state index is 0.0509. The van der Waals surface area contributed by atoms with Crippen LogP contribution >= 0.6 is 0 Å². The van der Waals surface area contributed by atoms with Crippen LogP contribution in [-0.4, -0.2) is 57.1 Å². The fourth-order valence-electron chi connectivity index (χ4n) is 5.92. The quantitative estimate of drug-likeness (QED) is 0.361. The Morgan fingerprint density at radius 2 is 1.83 bits per heavy atom. The first kappa shape index (κ1) is 28.3. The monoisotopic (exact) mass is 555 g/mol. The number of benzene rings is 2. The maximum absolute atomic E-state index is 13.9.